The normalized spacial score (nSPS) is 18.6. The van der Waals surface area contributed by atoms with Crippen LogP contribution in [0.5, 0.6) is 5.75 Å². The van der Waals surface area contributed by atoms with Crippen LogP contribution in [0.15, 0.2) is 41.4 Å². The van der Waals surface area contributed by atoms with Gasteiger partial charge in [-0.05, 0) is 49.6 Å². The van der Waals surface area contributed by atoms with Crippen LogP contribution in [0.2, 0.25) is 0 Å². The second kappa shape index (κ2) is 9.51. The maximum absolute atomic E-state index is 13.5. The zero-order valence-electron chi connectivity index (χ0n) is 18.9. The molecular formula is C23H25N3O7S. The molecule has 2 aromatic rings. The molecule has 1 atom stereocenters. The number of sulfonamides is 1. The summed E-state index contributed by atoms with van der Waals surface area (Å²) < 4.78 is 38.7. The molecule has 34 heavy (non-hydrogen) atoms. The summed E-state index contributed by atoms with van der Waals surface area (Å²) in [6.07, 6.45) is 2.51. The van der Waals surface area contributed by atoms with Crippen molar-refractivity contribution in [2.75, 3.05) is 26.8 Å². The molecule has 0 radical (unpaired) electrons. The highest BCUT2D eigenvalue weighted by atomic mass is 32.2. The molecule has 2 aliphatic rings. The van der Waals surface area contributed by atoms with Crippen LogP contribution >= 0.6 is 0 Å². The molecule has 2 amide bonds. The van der Waals surface area contributed by atoms with Crippen molar-refractivity contribution in [3.05, 3.63) is 53.3 Å². The van der Waals surface area contributed by atoms with Crippen molar-refractivity contribution in [1.29, 1.82) is 0 Å². The summed E-state index contributed by atoms with van der Waals surface area (Å²) in [6, 6.07) is 7.60. The van der Waals surface area contributed by atoms with E-state index in [0.717, 1.165) is 4.90 Å². The van der Waals surface area contributed by atoms with Gasteiger partial charge in [-0.2, -0.15) is 4.31 Å². The minimum absolute atomic E-state index is 0.0125. The van der Waals surface area contributed by atoms with Crippen molar-refractivity contribution >= 4 is 27.8 Å². The topological polar surface area (TPSA) is 123 Å². The van der Waals surface area contributed by atoms with E-state index in [1.165, 1.54) is 35.8 Å². The highest BCUT2D eigenvalue weighted by molar-refractivity contribution is 7.89. The number of fused-ring (bicyclic) bond motifs is 1. The fourth-order valence-electron chi connectivity index (χ4n) is 4.21. The number of carbonyl (C=O) groups excluding carboxylic acids is 3. The van der Waals surface area contributed by atoms with E-state index in [1.54, 1.807) is 19.1 Å². The number of amides is 2. The Kier molecular flexibility index (Phi) is 6.67. The van der Waals surface area contributed by atoms with Crippen LogP contribution in [-0.2, 0) is 26.1 Å². The molecule has 11 heteroatoms. The van der Waals surface area contributed by atoms with Crippen molar-refractivity contribution in [3.8, 4) is 5.75 Å². The maximum atomic E-state index is 13.5. The Labute approximate surface area is 197 Å². The van der Waals surface area contributed by atoms with Crippen molar-refractivity contribution < 1.29 is 32.3 Å². The molecule has 2 aliphatic heterocycles. The minimum Gasteiger partial charge on any atom is -0.495 e. The summed E-state index contributed by atoms with van der Waals surface area (Å²) in [7, 11) is -2.66. The first-order valence-electron chi connectivity index (χ1n) is 10.9. The third-order valence-corrected chi connectivity index (χ3v) is 7.81. The molecule has 0 unspecified atom stereocenters. The number of ether oxygens (including phenoxy) is 2. The van der Waals surface area contributed by atoms with E-state index in [4.69, 9.17) is 9.47 Å². The summed E-state index contributed by atoms with van der Waals surface area (Å²) in [4.78, 5) is 42.5. The number of pyridine rings is 1. The first kappa shape index (κ1) is 23.8. The first-order valence-corrected chi connectivity index (χ1v) is 12.4. The van der Waals surface area contributed by atoms with Gasteiger partial charge in [0.1, 0.15) is 16.3 Å². The Balaban J connectivity index is 1.61. The monoisotopic (exact) mass is 487 g/mol. The van der Waals surface area contributed by atoms with E-state index in [-0.39, 0.29) is 48.1 Å². The molecule has 0 aliphatic carbocycles. The van der Waals surface area contributed by atoms with Gasteiger partial charge in [-0.1, -0.05) is 6.07 Å². The van der Waals surface area contributed by atoms with E-state index in [1.807, 2.05) is 0 Å². The lowest BCUT2D eigenvalue weighted by Gasteiger charge is -2.31. The van der Waals surface area contributed by atoms with Gasteiger partial charge in [0.2, 0.25) is 10.0 Å². The minimum atomic E-state index is -4.02. The van der Waals surface area contributed by atoms with Crippen LogP contribution in [0.1, 0.15) is 46.2 Å². The molecule has 1 saturated heterocycles. The second-order valence-electron chi connectivity index (χ2n) is 8.04. The van der Waals surface area contributed by atoms with Crippen LogP contribution in [0.4, 0.5) is 0 Å². The van der Waals surface area contributed by atoms with Crippen molar-refractivity contribution in [2.24, 2.45) is 5.92 Å². The van der Waals surface area contributed by atoms with Gasteiger partial charge in [0, 0.05) is 19.3 Å². The summed E-state index contributed by atoms with van der Waals surface area (Å²) in [6.45, 7) is 2.08. The van der Waals surface area contributed by atoms with Gasteiger partial charge < -0.3 is 9.47 Å². The molecule has 4 rings (SSSR count). The molecule has 180 valence electrons. The fourth-order valence-corrected chi connectivity index (χ4v) is 5.94. The average molecular weight is 488 g/mol. The Morgan fingerprint density at radius 1 is 1.21 bits per heavy atom. The predicted molar refractivity (Wildman–Crippen MR) is 120 cm³/mol. The molecule has 0 saturated carbocycles. The quantitative estimate of drug-likeness (QED) is 0.428. The third-order valence-electron chi connectivity index (χ3n) is 5.92. The lowest BCUT2D eigenvalue weighted by Crippen LogP contribution is -2.42. The molecule has 0 N–H and O–H groups in total. The maximum Gasteiger partial charge on any atom is 0.310 e. The highest BCUT2D eigenvalue weighted by Gasteiger charge is 2.38. The van der Waals surface area contributed by atoms with Gasteiger partial charge in [0.15, 0.2) is 0 Å². The molecule has 1 fully saturated rings. The molecule has 1 aromatic heterocycles. The van der Waals surface area contributed by atoms with Gasteiger partial charge >= 0.3 is 5.97 Å². The van der Waals surface area contributed by atoms with Crippen LogP contribution in [0, 0.1) is 5.92 Å². The van der Waals surface area contributed by atoms with Gasteiger partial charge in [0.05, 0.1) is 31.7 Å². The summed E-state index contributed by atoms with van der Waals surface area (Å²) in [5, 5.41) is 0. The summed E-state index contributed by atoms with van der Waals surface area (Å²) in [5.74, 6) is -1.84. The van der Waals surface area contributed by atoms with Crippen LogP contribution < -0.4 is 4.74 Å². The van der Waals surface area contributed by atoms with Gasteiger partial charge in [0.25, 0.3) is 11.8 Å². The Hall–Kier alpha value is -3.31. The number of benzene rings is 1. The number of methoxy groups -OCH3 is 1. The number of nitrogens with zero attached hydrogens (tertiary/aromatic N) is 3. The Bertz CT molecular complexity index is 1210. The summed E-state index contributed by atoms with van der Waals surface area (Å²) in [5.41, 5.74) is 0.729. The lowest BCUT2D eigenvalue weighted by atomic mass is 10.0. The van der Waals surface area contributed by atoms with E-state index < -0.39 is 33.7 Å². The first-order chi connectivity index (χ1) is 16.3. The molecule has 1 aromatic carbocycles. The fraction of sp³-hybridized carbons (Fsp3) is 0.391. The van der Waals surface area contributed by atoms with Crippen molar-refractivity contribution in [1.82, 2.24) is 14.2 Å². The van der Waals surface area contributed by atoms with Gasteiger partial charge in [-0.3, -0.25) is 24.3 Å². The third kappa shape index (κ3) is 4.28. The highest BCUT2D eigenvalue weighted by Crippen LogP contribution is 2.32. The number of hydrogen-bond donors (Lipinski definition) is 0. The number of hydrogen-bond acceptors (Lipinski definition) is 8. The summed E-state index contributed by atoms with van der Waals surface area (Å²) >= 11 is 0. The Morgan fingerprint density at radius 2 is 2.00 bits per heavy atom. The smallest absolute Gasteiger partial charge is 0.310 e. The van der Waals surface area contributed by atoms with Gasteiger partial charge in [-0.25, -0.2) is 8.42 Å². The van der Waals surface area contributed by atoms with Crippen LogP contribution in [-0.4, -0.2) is 67.2 Å². The largest absolute Gasteiger partial charge is 0.495 e. The number of esters is 1. The molecule has 3 heterocycles. The predicted octanol–water partition coefficient (Wildman–Crippen LogP) is 1.85. The molecular weight excluding hydrogens is 462 g/mol. The number of imide groups is 1. The molecule has 0 spiro atoms. The van der Waals surface area contributed by atoms with Crippen molar-refractivity contribution in [3.63, 3.8) is 0 Å². The number of aromatic nitrogens is 1. The van der Waals surface area contributed by atoms with Crippen LogP contribution in [0.25, 0.3) is 0 Å². The van der Waals surface area contributed by atoms with E-state index in [0.29, 0.717) is 18.4 Å². The van der Waals surface area contributed by atoms with Crippen molar-refractivity contribution in [2.45, 2.75) is 31.2 Å². The standard InChI is InChI=1S/C23H25N3O7S/c1-3-33-23(29)16-6-5-11-25(14-16)34(30,31)19-12-15(8-9-18(19)32-2)13-26-21(27)17-7-4-10-24-20(17)22(26)28/h4,7-10,12,16H,3,5-6,11,13-14H2,1-2H3/t16-/m0/s1. The van der Waals surface area contributed by atoms with E-state index in [9.17, 15) is 22.8 Å². The SMILES string of the molecule is CCOC(=O)[C@H]1CCCN(S(=O)(=O)c2cc(CN3C(=O)c4cccnc4C3=O)ccc2OC)C1. The van der Waals surface area contributed by atoms with E-state index >= 15 is 0 Å². The number of piperidine rings is 1. The van der Waals surface area contributed by atoms with E-state index in [2.05, 4.69) is 4.98 Å². The Morgan fingerprint density at radius 3 is 2.71 bits per heavy atom. The average Bonchev–Trinajstić information content (AvgIpc) is 3.09. The zero-order valence-corrected chi connectivity index (χ0v) is 19.7. The number of rotatable bonds is 7. The van der Waals surface area contributed by atoms with Crippen LogP contribution in [0.3, 0.4) is 0 Å². The number of carbonyl (C=O) groups is 3. The second-order valence-corrected chi connectivity index (χ2v) is 9.94. The molecule has 0 bridgehead atoms. The zero-order chi connectivity index (χ0) is 24.5. The lowest BCUT2D eigenvalue weighted by molar-refractivity contribution is -0.149. The van der Waals surface area contributed by atoms with Gasteiger partial charge in [-0.15, -0.1) is 0 Å². The molecule has 10 nitrogen and oxygen atoms in total.